The maximum absolute atomic E-state index is 4.47. The Kier molecular flexibility index (Phi) is 6.11. The highest BCUT2D eigenvalue weighted by molar-refractivity contribution is 5.80. The summed E-state index contributed by atoms with van der Waals surface area (Å²) < 4.78 is 0. The lowest BCUT2D eigenvalue weighted by Crippen LogP contribution is -2.52. The fourth-order valence-electron chi connectivity index (χ4n) is 3.24. The zero-order valence-corrected chi connectivity index (χ0v) is 16.7. The highest BCUT2D eigenvalue weighted by atomic mass is 15.4. The molecular formula is C20H29N7. The molecule has 3 rings (SSSR count). The number of nitrogens with one attached hydrogen (secondary N) is 1. The van der Waals surface area contributed by atoms with Gasteiger partial charge >= 0.3 is 0 Å². The Hall–Kier alpha value is -2.83. The molecule has 144 valence electrons. The van der Waals surface area contributed by atoms with E-state index >= 15 is 0 Å². The Morgan fingerprint density at radius 3 is 2.44 bits per heavy atom. The minimum atomic E-state index is 0.772. The number of nitrogens with zero attached hydrogens (tertiary/aromatic N) is 6. The highest BCUT2D eigenvalue weighted by Crippen LogP contribution is 2.17. The van der Waals surface area contributed by atoms with Crippen molar-refractivity contribution in [2.24, 2.45) is 4.99 Å². The maximum atomic E-state index is 4.47. The molecule has 0 bridgehead atoms. The second kappa shape index (κ2) is 8.70. The van der Waals surface area contributed by atoms with E-state index in [1.54, 1.807) is 12.4 Å². The number of benzene rings is 1. The monoisotopic (exact) mass is 367 g/mol. The SMILES string of the molecule is CN=C(NCc1ccc(N(C)C)cc1C)N1CCN(c2ncccn2)CC1. The van der Waals surface area contributed by atoms with Crippen LogP contribution in [0, 0.1) is 6.92 Å². The standard InChI is InChI=1S/C20H29N7/c1-16-14-18(25(3)4)7-6-17(16)15-24-19(21-2)26-10-12-27(13-11-26)20-22-8-5-9-23-20/h5-9,14H,10-13,15H2,1-4H3,(H,21,24). The highest BCUT2D eigenvalue weighted by Gasteiger charge is 2.21. The van der Waals surface area contributed by atoms with Crippen LogP contribution in [0.25, 0.3) is 0 Å². The number of hydrogen-bond acceptors (Lipinski definition) is 5. The lowest BCUT2D eigenvalue weighted by Gasteiger charge is -2.36. The molecule has 1 aliphatic rings. The molecule has 1 saturated heterocycles. The van der Waals surface area contributed by atoms with E-state index in [2.05, 4.69) is 74.2 Å². The third kappa shape index (κ3) is 4.67. The van der Waals surface area contributed by atoms with Crippen molar-refractivity contribution in [3.8, 4) is 0 Å². The summed E-state index contributed by atoms with van der Waals surface area (Å²) in [5, 5.41) is 3.51. The van der Waals surface area contributed by atoms with Gasteiger partial charge in [-0.1, -0.05) is 6.07 Å². The van der Waals surface area contributed by atoms with Crippen molar-refractivity contribution in [3.05, 3.63) is 47.8 Å². The van der Waals surface area contributed by atoms with Crippen LogP contribution in [-0.2, 0) is 6.54 Å². The molecule has 27 heavy (non-hydrogen) atoms. The third-order valence-electron chi connectivity index (χ3n) is 4.91. The van der Waals surface area contributed by atoms with E-state index in [1.807, 2.05) is 13.1 Å². The summed E-state index contributed by atoms with van der Waals surface area (Å²) in [4.78, 5) is 19.8. The van der Waals surface area contributed by atoms with Gasteiger partial charge in [-0.2, -0.15) is 0 Å². The molecular weight excluding hydrogens is 338 g/mol. The van der Waals surface area contributed by atoms with Gasteiger partial charge < -0.3 is 20.0 Å². The summed E-state index contributed by atoms with van der Waals surface area (Å²) in [7, 11) is 5.97. The summed E-state index contributed by atoms with van der Waals surface area (Å²) >= 11 is 0. The van der Waals surface area contributed by atoms with Crippen LogP contribution in [0.2, 0.25) is 0 Å². The Balaban J connectivity index is 1.56. The van der Waals surface area contributed by atoms with Gasteiger partial charge in [-0.3, -0.25) is 4.99 Å². The van der Waals surface area contributed by atoms with Crippen LogP contribution in [0.5, 0.6) is 0 Å². The minimum Gasteiger partial charge on any atom is -0.378 e. The molecule has 2 aromatic rings. The zero-order chi connectivity index (χ0) is 19.2. The van der Waals surface area contributed by atoms with E-state index in [0.29, 0.717) is 0 Å². The Morgan fingerprint density at radius 2 is 1.85 bits per heavy atom. The Bertz CT molecular complexity index is 765. The van der Waals surface area contributed by atoms with Gasteiger partial charge in [0, 0.05) is 71.9 Å². The van der Waals surface area contributed by atoms with Gasteiger partial charge in [-0.05, 0) is 36.2 Å². The van der Waals surface area contributed by atoms with Crippen molar-refractivity contribution in [1.29, 1.82) is 0 Å². The van der Waals surface area contributed by atoms with E-state index in [1.165, 1.54) is 16.8 Å². The number of anilines is 2. The molecule has 1 aromatic carbocycles. The Labute approximate surface area is 161 Å². The topological polar surface area (TPSA) is 59.9 Å². The quantitative estimate of drug-likeness (QED) is 0.656. The molecule has 0 saturated carbocycles. The van der Waals surface area contributed by atoms with E-state index < -0.39 is 0 Å². The van der Waals surface area contributed by atoms with Gasteiger partial charge in [0.25, 0.3) is 0 Å². The van der Waals surface area contributed by atoms with Gasteiger partial charge in [0.2, 0.25) is 5.95 Å². The molecule has 0 unspecified atom stereocenters. The largest absolute Gasteiger partial charge is 0.378 e. The molecule has 1 aliphatic heterocycles. The first kappa shape index (κ1) is 18.9. The first-order valence-electron chi connectivity index (χ1n) is 9.33. The van der Waals surface area contributed by atoms with E-state index in [-0.39, 0.29) is 0 Å². The van der Waals surface area contributed by atoms with Crippen molar-refractivity contribution in [1.82, 2.24) is 20.2 Å². The second-order valence-electron chi connectivity index (χ2n) is 6.93. The summed E-state index contributed by atoms with van der Waals surface area (Å²) in [5.41, 5.74) is 3.80. The first-order chi connectivity index (χ1) is 13.1. The lowest BCUT2D eigenvalue weighted by molar-refractivity contribution is 0.370. The fraction of sp³-hybridized carbons (Fsp3) is 0.450. The van der Waals surface area contributed by atoms with Crippen molar-refractivity contribution < 1.29 is 0 Å². The molecule has 0 radical (unpaired) electrons. The van der Waals surface area contributed by atoms with E-state index in [0.717, 1.165) is 44.6 Å². The summed E-state index contributed by atoms with van der Waals surface area (Å²) in [6.07, 6.45) is 3.58. The third-order valence-corrected chi connectivity index (χ3v) is 4.91. The number of aliphatic imine (C=N–C) groups is 1. The average molecular weight is 368 g/mol. The molecule has 1 aromatic heterocycles. The Morgan fingerprint density at radius 1 is 1.15 bits per heavy atom. The second-order valence-corrected chi connectivity index (χ2v) is 6.93. The molecule has 7 heteroatoms. The van der Waals surface area contributed by atoms with Gasteiger partial charge in [0.15, 0.2) is 5.96 Å². The predicted octanol–water partition coefficient (Wildman–Crippen LogP) is 1.75. The molecule has 7 nitrogen and oxygen atoms in total. The number of aryl methyl sites for hydroxylation is 1. The van der Waals surface area contributed by atoms with Crippen LogP contribution in [0.3, 0.4) is 0 Å². The van der Waals surface area contributed by atoms with Gasteiger partial charge in [0.1, 0.15) is 0 Å². The zero-order valence-electron chi connectivity index (χ0n) is 16.7. The molecule has 0 atom stereocenters. The molecule has 1 fully saturated rings. The number of aromatic nitrogens is 2. The van der Waals surface area contributed by atoms with Crippen LogP contribution in [-0.4, -0.2) is 68.1 Å². The lowest BCUT2D eigenvalue weighted by atomic mass is 10.1. The number of rotatable bonds is 4. The van der Waals surface area contributed by atoms with Crippen molar-refractivity contribution >= 4 is 17.6 Å². The van der Waals surface area contributed by atoms with Crippen molar-refractivity contribution in [2.45, 2.75) is 13.5 Å². The normalized spacial score (nSPS) is 15.0. The number of guanidine groups is 1. The first-order valence-corrected chi connectivity index (χ1v) is 9.33. The molecule has 0 spiro atoms. The van der Waals surface area contributed by atoms with Crippen LogP contribution >= 0.6 is 0 Å². The van der Waals surface area contributed by atoms with Crippen LogP contribution in [0.4, 0.5) is 11.6 Å². The average Bonchev–Trinajstić information content (AvgIpc) is 2.70. The number of hydrogen-bond donors (Lipinski definition) is 1. The predicted molar refractivity (Wildman–Crippen MR) is 112 cm³/mol. The van der Waals surface area contributed by atoms with Crippen LogP contribution in [0.15, 0.2) is 41.7 Å². The van der Waals surface area contributed by atoms with Crippen molar-refractivity contribution in [3.63, 3.8) is 0 Å². The van der Waals surface area contributed by atoms with Gasteiger partial charge in [0.05, 0.1) is 0 Å². The van der Waals surface area contributed by atoms with Gasteiger partial charge in [-0.15, -0.1) is 0 Å². The molecule has 0 aliphatic carbocycles. The molecule has 0 amide bonds. The van der Waals surface area contributed by atoms with E-state index in [4.69, 9.17) is 0 Å². The smallest absolute Gasteiger partial charge is 0.225 e. The molecule has 2 heterocycles. The van der Waals surface area contributed by atoms with Crippen LogP contribution in [0.1, 0.15) is 11.1 Å². The van der Waals surface area contributed by atoms with E-state index in [9.17, 15) is 0 Å². The van der Waals surface area contributed by atoms with Gasteiger partial charge in [-0.25, -0.2) is 9.97 Å². The number of piperazine rings is 1. The summed E-state index contributed by atoms with van der Waals surface area (Å²) in [6, 6.07) is 8.41. The fourth-order valence-corrected chi connectivity index (χ4v) is 3.24. The van der Waals surface area contributed by atoms with Crippen LogP contribution < -0.4 is 15.1 Å². The summed E-state index contributed by atoms with van der Waals surface area (Å²) in [5.74, 6) is 1.75. The summed E-state index contributed by atoms with van der Waals surface area (Å²) in [6.45, 7) is 6.51. The van der Waals surface area contributed by atoms with Crippen molar-refractivity contribution in [2.75, 3.05) is 57.1 Å². The molecule has 1 N–H and O–H groups in total. The minimum absolute atomic E-state index is 0.772. The maximum Gasteiger partial charge on any atom is 0.225 e.